The van der Waals surface area contributed by atoms with E-state index < -0.39 is 61.8 Å². The predicted octanol–water partition coefficient (Wildman–Crippen LogP) is 3.75. The Balaban J connectivity index is 1.08. The number of hydrogen-bond acceptors (Lipinski definition) is 13. The molecule has 0 aliphatic carbocycles. The Labute approximate surface area is 299 Å². The summed E-state index contributed by atoms with van der Waals surface area (Å²) < 4.78 is 34.3. The van der Waals surface area contributed by atoms with Gasteiger partial charge in [0.25, 0.3) is 0 Å². The molecular formula is C38H42O14. The number of aryl methyl sites for hydroxylation is 2. The van der Waals surface area contributed by atoms with E-state index in [4.69, 9.17) is 43.3 Å². The average molecular weight is 723 g/mol. The van der Waals surface area contributed by atoms with Gasteiger partial charge in [-0.05, 0) is 60.9 Å². The van der Waals surface area contributed by atoms with Crippen molar-refractivity contribution in [2.45, 2.75) is 88.2 Å². The number of rotatable bonds is 14. The van der Waals surface area contributed by atoms with Crippen LogP contribution in [0.1, 0.15) is 66.9 Å². The molecule has 14 heteroatoms. The summed E-state index contributed by atoms with van der Waals surface area (Å²) in [5, 5.41) is 40.9. The molecule has 0 bridgehead atoms. The number of carbonyl (C=O) groups is 2. The normalized spacial score (nSPS) is 25.9. The highest BCUT2D eigenvalue weighted by Gasteiger charge is 2.47. The molecule has 7 rings (SSSR count). The lowest BCUT2D eigenvalue weighted by atomic mass is 9.86. The third-order valence-electron chi connectivity index (χ3n) is 10.1. The summed E-state index contributed by atoms with van der Waals surface area (Å²) in [5.74, 6) is 0.750. The molecule has 3 aromatic rings. The van der Waals surface area contributed by atoms with Crippen molar-refractivity contribution >= 4 is 11.9 Å². The van der Waals surface area contributed by atoms with Gasteiger partial charge in [-0.1, -0.05) is 43.7 Å². The fourth-order valence-corrected chi connectivity index (χ4v) is 7.20. The highest BCUT2D eigenvalue weighted by atomic mass is 17.2. The predicted molar refractivity (Wildman–Crippen MR) is 179 cm³/mol. The number of carboxylic acids is 1. The molecule has 3 aromatic carbocycles. The summed E-state index contributed by atoms with van der Waals surface area (Å²) >= 11 is 0. The highest BCUT2D eigenvalue weighted by Crippen LogP contribution is 2.55. The zero-order valence-corrected chi connectivity index (χ0v) is 28.6. The van der Waals surface area contributed by atoms with Crippen molar-refractivity contribution in [2.24, 2.45) is 5.92 Å². The summed E-state index contributed by atoms with van der Waals surface area (Å²) in [6.45, 7) is 2.13. The molecule has 4 aliphatic heterocycles. The monoisotopic (exact) mass is 722 g/mol. The maximum Gasteiger partial charge on any atom is 0.317 e. The molecular weight excluding hydrogens is 680 g/mol. The summed E-state index contributed by atoms with van der Waals surface area (Å²) in [5.41, 5.74) is 3.86. The van der Waals surface area contributed by atoms with Gasteiger partial charge in [0.2, 0.25) is 6.79 Å². The van der Waals surface area contributed by atoms with E-state index in [0.29, 0.717) is 41.9 Å². The first-order chi connectivity index (χ1) is 25.2. The number of aliphatic carboxylic acids is 1. The van der Waals surface area contributed by atoms with Crippen LogP contribution in [-0.2, 0) is 36.8 Å². The van der Waals surface area contributed by atoms with Crippen LogP contribution in [0.15, 0.2) is 54.6 Å². The maximum atomic E-state index is 11.7. The molecule has 8 unspecified atom stereocenters. The van der Waals surface area contributed by atoms with Crippen molar-refractivity contribution in [1.82, 2.24) is 0 Å². The molecule has 4 heterocycles. The van der Waals surface area contributed by atoms with Gasteiger partial charge in [-0.25, -0.2) is 0 Å². The lowest BCUT2D eigenvalue weighted by molar-refractivity contribution is -0.365. The van der Waals surface area contributed by atoms with E-state index in [1.807, 2.05) is 18.2 Å². The molecule has 0 spiro atoms. The van der Waals surface area contributed by atoms with E-state index in [-0.39, 0.29) is 18.5 Å². The lowest BCUT2D eigenvalue weighted by Gasteiger charge is -2.39. The second-order valence-electron chi connectivity index (χ2n) is 13.5. The van der Waals surface area contributed by atoms with Crippen molar-refractivity contribution in [3.8, 4) is 28.7 Å². The number of carboxylic acid groups (broad SMARTS) is 1. The largest absolute Gasteiger partial charge is 0.492 e. The quantitative estimate of drug-likeness (QED) is 0.0815. The molecule has 4 N–H and O–H groups in total. The molecule has 52 heavy (non-hydrogen) atoms. The van der Waals surface area contributed by atoms with Crippen molar-refractivity contribution in [3.05, 3.63) is 76.9 Å². The van der Waals surface area contributed by atoms with Gasteiger partial charge in [-0.15, -0.1) is 0 Å². The van der Waals surface area contributed by atoms with Gasteiger partial charge in [-0.3, -0.25) is 9.59 Å². The molecule has 1 fully saturated rings. The Bertz CT molecular complexity index is 1750. The van der Waals surface area contributed by atoms with Crippen molar-refractivity contribution in [3.63, 3.8) is 0 Å². The third-order valence-corrected chi connectivity index (χ3v) is 10.1. The van der Waals surface area contributed by atoms with Crippen LogP contribution in [0.2, 0.25) is 0 Å². The summed E-state index contributed by atoms with van der Waals surface area (Å²) in [6.07, 6.45) is -4.81. The van der Waals surface area contributed by atoms with Crippen LogP contribution in [0.5, 0.6) is 28.7 Å². The first kappa shape index (κ1) is 35.8. The molecule has 278 valence electrons. The number of aliphatic hydroxyl groups excluding tert-OH is 3. The number of fused-ring (bicyclic) bond motifs is 6. The first-order valence-corrected chi connectivity index (χ1v) is 17.5. The topological polar surface area (TPSA) is 189 Å². The Morgan fingerprint density at radius 1 is 0.904 bits per heavy atom. The second-order valence-corrected chi connectivity index (χ2v) is 13.5. The zero-order chi connectivity index (χ0) is 36.4. The SMILES string of the molecule is CCC(CCc1ccccc1)CCc1cc(OOC2C(O)OC(COC(=O)CC(=O)O)C(O)C2O)cc2c1OCC1c3cc4c(cc3OC21)OCO4. The minimum Gasteiger partial charge on any atom is -0.492 e. The van der Waals surface area contributed by atoms with Crippen molar-refractivity contribution in [1.29, 1.82) is 0 Å². The van der Waals surface area contributed by atoms with E-state index >= 15 is 0 Å². The molecule has 0 amide bonds. The van der Waals surface area contributed by atoms with Crippen molar-refractivity contribution in [2.75, 3.05) is 20.0 Å². The number of benzene rings is 3. The molecule has 1 saturated heterocycles. The van der Waals surface area contributed by atoms with Crippen molar-refractivity contribution < 1.29 is 68.2 Å². The second kappa shape index (κ2) is 15.6. The average Bonchev–Trinajstić information content (AvgIpc) is 3.75. The molecule has 0 saturated carbocycles. The van der Waals surface area contributed by atoms with Crippen LogP contribution in [0.25, 0.3) is 0 Å². The summed E-state index contributed by atoms with van der Waals surface area (Å²) in [7, 11) is 0. The van der Waals surface area contributed by atoms with E-state index in [2.05, 4.69) is 31.2 Å². The minimum absolute atomic E-state index is 0.137. The molecule has 0 radical (unpaired) electrons. The van der Waals surface area contributed by atoms with Crippen LogP contribution in [-0.4, -0.2) is 83.1 Å². The zero-order valence-electron chi connectivity index (χ0n) is 28.6. The van der Waals surface area contributed by atoms with Gasteiger partial charge in [0.15, 0.2) is 29.6 Å². The van der Waals surface area contributed by atoms with Crippen LogP contribution >= 0.6 is 0 Å². The standard InChI is InChI=1S/C38H42O14/c1-2-20(8-9-21-6-4-3-5-7-21)10-11-22-12-23(51-52-37-34(43)33(42)30(50-38(37)44)18-45-32(41)16-31(39)40)13-25-35(22)46-17-26-24-14-28-29(48-19-47-28)15-27(24)49-36(25)26/h3-7,12-15,20,26,30,33-34,36-38,42-44H,2,8-11,16-19H2,1H3,(H,39,40). The van der Waals surface area contributed by atoms with Gasteiger partial charge in [0.1, 0.15) is 48.9 Å². The number of hydrogen-bond donors (Lipinski definition) is 4. The van der Waals surface area contributed by atoms with Gasteiger partial charge in [0, 0.05) is 17.2 Å². The van der Waals surface area contributed by atoms with Gasteiger partial charge < -0.3 is 53.7 Å². The molecule has 4 aliphatic rings. The summed E-state index contributed by atoms with van der Waals surface area (Å²) in [4.78, 5) is 33.6. The number of ether oxygens (including phenoxy) is 6. The lowest BCUT2D eigenvalue weighted by Crippen LogP contribution is -2.59. The fraction of sp³-hybridized carbons (Fsp3) is 0.474. The number of aliphatic hydroxyl groups is 3. The van der Waals surface area contributed by atoms with E-state index in [0.717, 1.165) is 42.4 Å². The number of carbonyl (C=O) groups excluding carboxylic acids is 1. The third kappa shape index (κ3) is 7.62. The van der Waals surface area contributed by atoms with Gasteiger partial charge in [-0.2, -0.15) is 4.89 Å². The van der Waals surface area contributed by atoms with Gasteiger partial charge in [0.05, 0.1) is 12.5 Å². The van der Waals surface area contributed by atoms with Gasteiger partial charge >= 0.3 is 11.9 Å². The van der Waals surface area contributed by atoms with Crippen LogP contribution in [0, 0.1) is 5.92 Å². The van der Waals surface area contributed by atoms with Crippen LogP contribution in [0.4, 0.5) is 0 Å². The Hall–Kier alpha value is -4.60. The Morgan fingerprint density at radius 3 is 2.44 bits per heavy atom. The maximum absolute atomic E-state index is 11.7. The van der Waals surface area contributed by atoms with Crippen LogP contribution in [0.3, 0.4) is 0 Å². The fourth-order valence-electron chi connectivity index (χ4n) is 7.20. The number of esters is 1. The van der Waals surface area contributed by atoms with E-state index in [9.17, 15) is 24.9 Å². The Kier molecular flexibility index (Phi) is 10.7. The van der Waals surface area contributed by atoms with E-state index in [1.54, 1.807) is 12.1 Å². The van der Waals surface area contributed by atoms with Crippen LogP contribution < -0.4 is 23.8 Å². The Morgan fingerprint density at radius 2 is 1.67 bits per heavy atom. The molecule has 8 atom stereocenters. The smallest absolute Gasteiger partial charge is 0.317 e. The molecule has 0 aromatic heterocycles. The minimum atomic E-state index is -1.79. The molecule has 14 nitrogen and oxygen atoms in total. The summed E-state index contributed by atoms with van der Waals surface area (Å²) in [6, 6.07) is 17.7. The van der Waals surface area contributed by atoms with E-state index in [1.165, 1.54) is 5.56 Å². The highest BCUT2D eigenvalue weighted by molar-refractivity contribution is 5.90. The first-order valence-electron chi connectivity index (χ1n) is 17.5.